The number of nitrogens with two attached hydrogens (primary N) is 1. The number of nitrogens with one attached hydrogen (secondary N) is 1. The lowest BCUT2D eigenvalue weighted by atomic mass is 9.84. The molecule has 4 nitrogen and oxygen atoms in total. The minimum Gasteiger partial charge on any atom is -0.353 e. The van der Waals surface area contributed by atoms with Crippen molar-refractivity contribution >= 4 is 5.91 Å². The van der Waals surface area contributed by atoms with Gasteiger partial charge in [-0.05, 0) is 51.2 Å². The zero-order valence-electron chi connectivity index (χ0n) is 11.4. The van der Waals surface area contributed by atoms with Crippen LogP contribution in [-0.4, -0.2) is 43.0 Å². The van der Waals surface area contributed by atoms with Gasteiger partial charge in [-0.2, -0.15) is 0 Å². The number of nitrogens with zero attached hydrogens (tertiary/aromatic N) is 1. The van der Waals surface area contributed by atoms with Gasteiger partial charge in [-0.15, -0.1) is 0 Å². The third kappa shape index (κ3) is 3.95. The summed E-state index contributed by atoms with van der Waals surface area (Å²) < 4.78 is 0. The first-order valence-corrected chi connectivity index (χ1v) is 7.51. The van der Waals surface area contributed by atoms with Crippen molar-refractivity contribution in [1.29, 1.82) is 0 Å². The average molecular weight is 253 g/mol. The Morgan fingerprint density at radius 2 is 1.89 bits per heavy atom. The molecule has 2 aliphatic rings. The first kappa shape index (κ1) is 13.8. The van der Waals surface area contributed by atoms with E-state index in [1.165, 1.54) is 45.2 Å². The van der Waals surface area contributed by atoms with Gasteiger partial charge in [-0.3, -0.25) is 4.79 Å². The molecule has 104 valence electrons. The zero-order chi connectivity index (χ0) is 12.8. The van der Waals surface area contributed by atoms with Gasteiger partial charge in [0.15, 0.2) is 0 Å². The first-order valence-electron chi connectivity index (χ1n) is 7.51. The molecular formula is C14H27N3O. The van der Waals surface area contributed by atoms with E-state index in [0.29, 0.717) is 24.9 Å². The predicted molar refractivity (Wildman–Crippen MR) is 73.2 cm³/mol. The summed E-state index contributed by atoms with van der Waals surface area (Å²) in [4.78, 5) is 14.3. The molecule has 0 bridgehead atoms. The maximum Gasteiger partial charge on any atom is 0.221 e. The van der Waals surface area contributed by atoms with Crippen LogP contribution in [0.1, 0.15) is 44.9 Å². The molecule has 1 saturated heterocycles. The SMILES string of the molecule is NCC1CCCCC1NC(=O)CCN1CCCC1. The van der Waals surface area contributed by atoms with Gasteiger partial charge in [-0.25, -0.2) is 0 Å². The highest BCUT2D eigenvalue weighted by Crippen LogP contribution is 2.23. The highest BCUT2D eigenvalue weighted by Gasteiger charge is 2.25. The molecule has 0 radical (unpaired) electrons. The Morgan fingerprint density at radius 1 is 1.17 bits per heavy atom. The Hall–Kier alpha value is -0.610. The Kier molecular flexibility index (Phi) is 5.45. The fraction of sp³-hybridized carbons (Fsp3) is 0.929. The van der Waals surface area contributed by atoms with Gasteiger partial charge in [0.05, 0.1) is 0 Å². The van der Waals surface area contributed by atoms with Crippen LogP contribution in [0.4, 0.5) is 0 Å². The summed E-state index contributed by atoms with van der Waals surface area (Å²) in [6.07, 6.45) is 8.01. The molecule has 0 spiro atoms. The van der Waals surface area contributed by atoms with E-state index >= 15 is 0 Å². The quantitative estimate of drug-likeness (QED) is 0.771. The van der Waals surface area contributed by atoms with Crippen molar-refractivity contribution in [2.75, 3.05) is 26.2 Å². The molecule has 0 aromatic heterocycles. The van der Waals surface area contributed by atoms with Crippen molar-refractivity contribution in [3.05, 3.63) is 0 Å². The zero-order valence-corrected chi connectivity index (χ0v) is 11.4. The van der Waals surface area contributed by atoms with Crippen molar-refractivity contribution in [3.63, 3.8) is 0 Å². The van der Waals surface area contributed by atoms with E-state index in [1.807, 2.05) is 0 Å². The van der Waals surface area contributed by atoms with Crippen LogP contribution >= 0.6 is 0 Å². The molecular weight excluding hydrogens is 226 g/mol. The topological polar surface area (TPSA) is 58.4 Å². The summed E-state index contributed by atoms with van der Waals surface area (Å²) in [5, 5.41) is 3.20. The van der Waals surface area contributed by atoms with E-state index < -0.39 is 0 Å². The van der Waals surface area contributed by atoms with Crippen LogP contribution in [0.5, 0.6) is 0 Å². The summed E-state index contributed by atoms with van der Waals surface area (Å²) in [7, 11) is 0. The molecule has 0 aromatic carbocycles. The fourth-order valence-corrected chi connectivity index (χ4v) is 3.22. The molecule has 1 aliphatic heterocycles. The maximum absolute atomic E-state index is 12.0. The van der Waals surface area contributed by atoms with E-state index in [4.69, 9.17) is 5.73 Å². The Labute approximate surface area is 110 Å². The minimum atomic E-state index is 0.215. The summed E-state index contributed by atoms with van der Waals surface area (Å²) in [5.74, 6) is 0.710. The second-order valence-electron chi connectivity index (χ2n) is 5.75. The number of amides is 1. The molecule has 2 fully saturated rings. The summed E-state index contributed by atoms with van der Waals surface area (Å²) >= 11 is 0. The second kappa shape index (κ2) is 7.10. The van der Waals surface area contributed by atoms with Gasteiger partial charge in [0.25, 0.3) is 0 Å². The summed E-state index contributed by atoms with van der Waals surface area (Å²) in [5.41, 5.74) is 5.78. The van der Waals surface area contributed by atoms with Gasteiger partial charge in [0, 0.05) is 19.0 Å². The minimum absolute atomic E-state index is 0.215. The number of rotatable bonds is 5. The van der Waals surface area contributed by atoms with Crippen molar-refractivity contribution in [1.82, 2.24) is 10.2 Å². The van der Waals surface area contributed by atoms with Crippen LogP contribution in [-0.2, 0) is 4.79 Å². The van der Waals surface area contributed by atoms with Gasteiger partial charge < -0.3 is 16.0 Å². The second-order valence-corrected chi connectivity index (χ2v) is 5.75. The summed E-state index contributed by atoms with van der Waals surface area (Å²) in [6, 6.07) is 0.329. The molecule has 18 heavy (non-hydrogen) atoms. The smallest absolute Gasteiger partial charge is 0.221 e. The maximum atomic E-state index is 12.0. The first-order chi connectivity index (χ1) is 8.79. The van der Waals surface area contributed by atoms with Crippen LogP contribution in [0.2, 0.25) is 0 Å². The lowest BCUT2D eigenvalue weighted by Gasteiger charge is -2.31. The molecule has 1 heterocycles. The van der Waals surface area contributed by atoms with E-state index in [1.54, 1.807) is 0 Å². The monoisotopic (exact) mass is 253 g/mol. The third-order valence-corrected chi connectivity index (χ3v) is 4.41. The Morgan fingerprint density at radius 3 is 2.61 bits per heavy atom. The molecule has 4 heteroatoms. The lowest BCUT2D eigenvalue weighted by Crippen LogP contribution is -2.45. The van der Waals surface area contributed by atoms with Crippen molar-refractivity contribution in [3.8, 4) is 0 Å². The number of hydrogen-bond donors (Lipinski definition) is 2. The fourth-order valence-electron chi connectivity index (χ4n) is 3.22. The molecule has 0 aromatic rings. The number of carbonyl (C=O) groups is 1. The lowest BCUT2D eigenvalue weighted by molar-refractivity contribution is -0.122. The van der Waals surface area contributed by atoms with E-state index in [2.05, 4.69) is 10.2 Å². The summed E-state index contributed by atoms with van der Waals surface area (Å²) in [6.45, 7) is 3.97. The van der Waals surface area contributed by atoms with Gasteiger partial charge >= 0.3 is 0 Å². The molecule has 1 aliphatic carbocycles. The molecule has 2 unspecified atom stereocenters. The van der Waals surface area contributed by atoms with E-state index in [9.17, 15) is 4.79 Å². The predicted octanol–water partition coefficient (Wildman–Crippen LogP) is 1.11. The molecule has 2 atom stereocenters. The highest BCUT2D eigenvalue weighted by atomic mass is 16.1. The van der Waals surface area contributed by atoms with E-state index in [-0.39, 0.29) is 5.91 Å². The molecule has 1 amide bonds. The Balaban J connectivity index is 1.68. The normalized spacial score (nSPS) is 29.4. The van der Waals surface area contributed by atoms with Crippen molar-refractivity contribution < 1.29 is 4.79 Å². The number of hydrogen-bond acceptors (Lipinski definition) is 3. The van der Waals surface area contributed by atoms with Crippen molar-refractivity contribution in [2.45, 2.75) is 51.0 Å². The van der Waals surface area contributed by atoms with Gasteiger partial charge in [0.2, 0.25) is 5.91 Å². The van der Waals surface area contributed by atoms with Crippen LogP contribution in [0.15, 0.2) is 0 Å². The van der Waals surface area contributed by atoms with Crippen LogP contribution in [0, 0.1) is 5.92 Å². The van der Waals surface area contributed by atoms with Crippen LogP contribution < -0.4 is 11.1 Å². The van der Waals surface area contributed by atoms with Gasteiger partial charge in [-0.1, -0.05) is 12.8 Å². The largest absolute Gasteiger partial charge is 0.353 e. The highest BCUT2D eigenvalue weighted by molar-refractivity contribution is 5.76. The van der Waals surface area contributed by atoms with Crippen molar-refractivity contribution in [2.24, 2.45) is 11.7 Å². The number of likely N-dealkylation sites (tertiary alicyclic amines) is 1. The number of carbonyl (C=O) groups excluding carboxylic acids is 1. The third-order valence-electron chi connectivity index (χ3n) is 4.41. The standard InChI is InChI=1S/C14H27N3O/c15-11-12-5-1-2-6-13(12)16-14(18)7-10-17-8-3-4-9-17/h12-13H,1-11,15H2,(H,16,18). The van der Waals surface area contributed by atoms with E-state index in [0.717, 1.165) is 13.0 Å². The van der Waals surface area contributed by atoms with Crippen LogP contribution in [0.25, 0.3) is 0 Å². The van der Waals surface area contributed by atoms with Crippen LogP contribution in [0.3, 0.4) is 0 Å². The molecule has 3 N–H and O–H groups in total. The van der Waals surface area contributed by atoms with Gasteiger partial charge in [0.1, 0.15) is 0 Å². The average Bonchev–Trinajstić information content (AvgIpc) is 2.90. The Bertz CT molecular complexity index is 264. The molecule has 1 saturated carbocycles. The molecule has 2 rings (SSSR count).